The van der Waals surface area contributed by atoms with Crippen molar-refractivity contribution < 1.29 is 4.74 Å². The molecule has 14 heavy (non-hydrogen) atoms. The number of halogens is 2. The van der Waals surface area contributed by atoms with E-state index in [4.69, 9.17) is 27.9 Å². The lowest BCUT2D eigenvalue weighted by Gasteiger charge is -1.97. The van der Waals surface area contributed by atoms with Gasteiger partial charge in [-0.1, -0.05) is 35.0 Å². The van der Waals surface area contributed by atoms with E-state index in [1.807, 2.05) is 24.3 Å². The van der Waals surface area contributed by atoms with E-state index in [0.29, 0.717) is 0 Å². The van der Waals surface area contributed by atoms with Gasteiger partial charge in [0.1, 0.15) is 10.2 Å². The van der Waals surface area contributed by atoms with Crippen molar-refractivity contribution in [1.29, 1.82) is 0 Å². The predicted molar refractivity (Wildman–Crippen MR) is 59.7 cm³/mol. The summed E-state index contributed by atoms with van der Waals surface area (Å²) in [6, 6.07) is 7.41. The van der Waals surface area contributed by atoms with Gasteiger partial charge in [-0.25, -0.2) is 0 Å². The molecule has 0 aliphatic heterocycles. The molecule has 0 heterocycles. The molecule has 0 aromatic heterocycles. The highest BCUT2D eigenvalue weighted by atomic mass is 35.5. The fourth-order valence-electron chi connectivity index (χ4n) is 0.848. The minimum absolute atomic E-state index is 0.158. The van der Waals surface area contributed by atoms with Gasteiger partial charge in [-0.05, 0) is 24.3 Å². The first kappa shape index (κ1) is 11.0. The fraction of sp³-hybridized carbons (Fsp3) is 0.0909. The van der Waals surface area contributed by atoms with E-state index in [1.54, 1.807) is 7.11 Å². The molecule has 3 heteroatoms. The number of methoxy groups -OCH3 is 1. The Balaban J connectivity index is 2.76. The molecule has 0 saturated carbocycles. The zero-order chi connectivity index (χ0) is 10.4. The third kappa shape index (κ3) is 3.74. The zero-order valence-electron chi connectivity index (χ0n) is 7.55. The van der Waals surface area contributed by atoms with Gasteiger partial charge in [-0.3, -0.25) is 0 Å². The van der Waals surface area contributed by atoms with Crippen molar-refractivity contribution in [2.24, 2.45) is 0 Å². The van der Waals surface area contributed by atoms with Gasteiger partial charge < -0.3 is 4.74 Å². The Morgan fingerprint density at radius 2 is 1.93 bits per heavy atom. The first-order valence-corrected chi connectivity index (χ1v) is 4.64. The molecular formula is C11H8Cl2O. The summed E-state index contributed by atoms with van der Waals surface area (Å²) < 4.78 is 5.17. The van der Waals surface area contributed by atoms with Crippen LogP contribution >= 0.6 is 23.2 Å². The average molecular weight is 227 g/mol. The van der Waals surface area contributed by atoms with Crippen LogP contribution in [0.15, 0.2) is 34.8 Å². The van der Waals surface area contributed by atoms with E-state index in [9.17, 15) is 0 Å². The van der Waals surface area contributed by atoms with Crippen LogP contribution in [0, 0.1) is 11.8 Å². The summed E-state index contributed by atoms with van der Waals surface area (Å²) in [6.07, 6.45) is 1.44. The molecule has 0 N–H and O–H groups in total. The van der Waals surface area contributed by atoms with Crippen LogP contribution in [0.5, 0.6) is 5.75 Å². The summed E-state index contributed by atoms with van der Waals surface area (Å²) in [6.45, 7) is 0. The van der Waals surface area contributed by atoms with Crippen molar-refractivity contribution >= 4 is 23.2 Å². The van der Waals surface area contributed by atoms with Gasteiger partial charge in [-0.15, -0.1) is 0 Å². The third-order valence-corrected chi connectivity index (χ3v) is 1.71. The molecule has 72 valence electrons. The monoisotopic (exact) mass is 226 g/mol. The van der Waals surface area contributed by atoms with Crippen LogP contribution in [0.3, 0.4) is 0 Å². The minimum atomic E-state index is 0.158. The lowest BCUT2D eigenvalue weighted by molar-refractivity contribution is 0.415. The minimum Gasteiger partial charge on any atom is -0.497 e. The van der Waals surface area contributed by atoms with Crippen LogP contribution in [0.25, 0.3) is 0 Å². The van der Waals surface area contributed by atoms with Gasteiger partial charge in [0.15, 0.2) is 0 Å². The molecule has 0 fully saturated rings. The lowest BCUT2D eigenvalue weighted by atomic mass is 10.2. The van der Waals surface area contributed by atoms with Crippen molar-refractivity contribution in [3.63, 3.8) is 0 Å². The van der Waals surface area contributed by atoms with E-state index in [2.05, 4.69) is 11.8 Å². The molecule has 1 aromatic rings. The van der Waals surface area contributed by atoms with E-state index in [1.165, 1.54) is 6.08 Å². The smallest absolute Gasteiger partial charge is 0.118 e. The second kappa shape index (κ2) is 5.59. The topological polar surface area (TPSA) is 9.23 Å². The van der Waals surface area contributed by atoms with Gasteiger partial charge in [0, 0.05) is 11.6 Å². The highest BCUT2D eigenvalue weighted by Gasteiger charge is 1.88. The lowest BCUT2D eigenvalue weighted by Crippen LogP contribution is -1.81. The number of benzene rings is 1. The maximum atomic E-state index is 5.40. The average Bonchev–Trinajstić information content (AvgIpc) is 2.18. The van der Waals surface area contributed by atoms with Crippen LogP contribution in [0.4, 0.5) is 0 Å². The first-order valence-electron chi connectivity index (χ1n) is 3.89. The Morgan fingerprint density at radius 3 is 2.43 bits per heavy atom. The van der Waals surface area contributed by atoms with E-state index in [0.717, 1.165) is 11.3 Å². The Morgan fingerprint density at radius 1 is 1.29 bits per heavy atom. The van der Waals surface area contributed by atoms with Crippen molar-refractivity contribution in [3.8, 4) is 17.6 Å². The summed E-state index contributed by atoms with van der Waals surface area (Å²) in [5.41, 5.74) is 0.886. The molecule has 0 saturated heterocycles. The Bertz CT molecular complexity index is 378. The molecule has 0 amide bonds. The number of hydrogen-bond acceptors (Lipinski definition) is 1. The molecule has 1 rings (SSSR count). The summed E-state index contributed by atoms with van der Waals surface area (Å²) >= 11 is 10.8. The van der Waals surface area contributed by atoms with Gasteiger partial charge in [0.2, 0.25) is 0 Å². The summed E-state index contributed by atoms with van der Waals surface area (Å²) in [5, 5.41) is 0. The van der Waals surface area contributed by atoms with Crippen LogP contribution in [-0.4, -0.2) is 7.11 Å². The normalized spacial score (nSPS) is 8.50. The van der Waals surface area contributed by atoms with Crippen LogP contribution in [0.1, 0.15) is 5.56 Å². The quantitative estimate of drug-likeness (QED) is 0.668. The maximum Gasteiger partial charge on any atom is 0.118 e. The molecular weight excluding hydrogens is 219 g/mol. The van der Waals surface area contributed by atoms with Gasteiger partial charge in [0.05, 0.1) is 7.11 Å². The van der Waals surface area contributed by atoms with Crippen molar-refractivity contribution in [1.82, 2.24) is 0 Å². The van der Waals surface area contributed by atoms with E-state index >= 15 is 0 Å². The zero-order valence-corrected chi connectivity index (χ0v) is 9.06. The van der Waals surface area contributed by atoms with Crippen LogP contribution < -0.4 is 4.74 Å². The summed E-state index contributed by atoms with van der Waals surface area (Å²) in [4.78, 5) is 0. The fourth-order valence-corrected chi connectivity index (χ4v) is 0.957. The Labute approximate surface area is 93.3 Å². The van der Waals surface area contributed by atoms with Gasteiger partial charge in [0.25, 0.3) is 0 Å². The standard InChI is InChI=1S/C11H8Cl2O/c1-14-10-7-5-9(6-8-10)3-2-4-11(12)13/h4-8H,1H3. The van der Waals surface area contributed by atoms with Crippen molar-refractivity contribution in [3.05, 3.63) is 40.4 Å². The van der Waals surface area contributed by atoms with Crippen molar-refractivity contribution in [2.75, 3.05) is 7.11 Å². The molecule has 0 aliphatic carbocycles. The largest absolute Gasteiger partial charge is 0.497 e. The second-order valence-corrected chi connectivity index (χ2v) is 3.44. The molecule has 0 aliphatic rings. The SMILES string of the molecule is COc1ccc(C#CC=C(Cl)Cl)cc1. The number of rotatable bonds is 1. The molecule has 0 unspecified atom stereocenters. The maximum absolute atomic E-state index is 5.40. The second-order valence-electron chi connectivity index (χ2n) is 2.43. The molecule has 0 atom stereocenters. The molecule has 1 aromatic carbocycles. The number of hydrogen-bond donors (Lipinski definition) is 0. The summed E-state index contributed by atoms with van der Waals surface area (Å²) in [7, 11) is 1.62. The number of allylic oxidation sites excluding steroid dienone is 1. The van der Waals surface area contributed by atoms with Gasteiger partial charge in [-0.2, -0.15) is 0 Å². The molecule has 0 spiro atoms. The Kier molecular flexibility index (Phi) is 4.39. The first-order chi connectivity index (χ1) is 6.72. The molecule has 1 nitrogen and oxygen atoms in total. The number of ether oxygens (including phenoxy) is 1. The van der Waals surface area contributed by atoms with Gasteiger partial charge >= 0.3 is 0 Å². The summed E-state index contributed by atoms with van der Waals surface area (Å²) in [5.74, 6) is 6.41. The highest BCUT2D eigenvalue weighted by molar-refractivity contribution is 6.56. The van der Waals surface area contributed by atoms with E-state index in [-0.39, 0.29) is 4.49 Å². The Hall–Kier alpha value is -1.10. The third-order valence-electron chi connectivity index (χ3n) is 1.49. The molecule has 0 bridgehead atoms. The predicted octanol–water partition coefficient (Wildman–Crippen LogP) is 3.37. The van der Waals surface area contributed by atoms with Crippen LogP contribution in [-0.2, 0) is 0 Å². The highest BCUT2D eigenvalue weighted by Crippen LogP contribution is 2.10. The van der Waals surface area contributed by atoms with Crippen LogP contribution in [0.2, 0.25) is 0 Å². The van der Waals surface area contributed by atoms with Crippen molar-refractivity contribution in [2.45, 2.75) is 0 Å². The molecule has 0 radical (unpaired) electrons. The van der Waals surface area contributed by atoms with E-state index < -0.39 is 0 Å².